The zero-order chi connectivity index (χ0) is 20.5. The molecule has 8 heteroatoms. The third-order valence-electron chi connectivity index (χ3n) is 5.47. The quantitative estimate of drug-likeness (QED) is 0.380. The summed E-state index contributed by atoms with van der Waals surface area (Å²) in [7, 11) is 1.85. The van der Waals surface area contributed by atoms with Crippen LogP contribution < -0.4 is 10.6 Å². The molecular formula is C22H23N7O. The largest absolute Gasteiger partial charge is 0.373 e. The van der Waals surface area contributed by atoms with Gasteiger partial charge >= 0.3 is 0 Å². The number of anilines is 1. The van der Waals surface area contributed by atoms with E-state index in [0.717, 1.165) is 46.6 Å². The molecule has 0 saturated heterocycles. The monoisotopic (exact) mass is 401 g/mol. The van der Waals surface area contributed by atoms with Crippen LogP contribution in [0.1, 0.15) is 52.4 Å². The summed E-state index contributed by atoms with van der Waals surface area (Å²) in [6.07, 6.45) is 6.40. The van der Waals surface area contributed by atoms with Gasteiger partial charge in [0.2, 0.25) is 0 Å². The Morgan fingerprint density at radius 2 is 2.10 bits per heavy atom. The molecule has 3 aromatic heterocycles. The zero-order valence-corrected chi connectivity index (χ0v) is 16.6. The second-order valence-corrected chi connectivity index (χ2v) is 7.62. The summed E-state index contributed by atoms with van der Waals surface area (Å²) < 4.78 is 0. The van der Waals surface area contributed by atoms with Crippen molar-refractivity contribution in [2.45, 2.75) is 31.2 Å². The Kier molecular flexibility index (Phi) is 4.66. The van der Waals surface area contributed by atoms with Crippen molar-refractivity contribution in [1.82, 2.24) is 30.5 Å². The van der Waals surface area contributed by atoms with Crippen LogP contribution in [0.5, 0.6) is 0 Å². The Morgan fingerprint density at radius 3 is 2.87 bits per heavy atom. The molecule has 1 saturated carbocycles. The standard InChI is InChI=1S/C22H23N7O/c1-23-20-11-19(26-21(28-20)13-6-7-13)18(27-22(30)17-8-9-25-29-17)10-14-12-24-16-5-3-2-4-15(14)16/h2-5,8-9,11-13,18,24H,6-7,10H2,1H3,(H,25,29)(H,27,30)(H,23,26,28)/t18-/m0/s1. The van der Waals surface area contributed by atoms with Crippen LogP contribution in [-0.4, -0.2) is 38.1 Å². The van der Waals surface area contributed by atoms with Crippen molar-refractivity contribution in [2.24, 2.45) is 0 Å². The van der Waals surface area contributed by atoms with E-state index in [9.17, 15) is 4.79 Å². The number of aromatic nitrogens is 5. The van der Waals surface area contributed by atoms with Gasteiger partial charge in [-0.1, -0.05) is 18.2 Å². The van der Waals surface area contributed by atoms with Crippen LogP contribution in [-0.2, 0) is 6.42 Å². The van der Waals surface area contributed by atoms with Gasteiger partial charge in [0, 0.05) is 48.7 Å². The molecule has 0 radical (unpaired) electrons. The van der Waals surface area contributed by atoms with Crippen molar-refractivity contribution < 1.29 is 4.79 Å². The van der Waals surface area contributed by atoms with Crippen LogP contribution in [0.3, 0.4) is 0 Å². The van der Waals surface area contributed by atoms with Crippen molar-refractivity contribution in [1.29, 1.82) is 0 Å². The van der Waals surface area contributed by atoms with E-state index in [1.165, 1.54) is 0 Å². The molecule has 1 aromatic carbocycles. The number of carbonyl (C=O) groups excluding carboxylic acids is 1. The van der Waals surface area contributed by atoms with Gasteiger partial charge in [-0.15, -0.1) is 0 Å². The van der Waals surface area contributed by atoms with Crippen molar-refractivity contribution >= 4 is 22.6 Å². The van der Waals surface area contributed by atoms with E-state index in [1.54, 1.807) is 12.3 Å². The Hall–Kier alpha value is -3.68. The fraction of sp³-hybridized carbons (Fsp3) is 0.273. The molecule has 5 rings (SSSR count). The molecule has 4 aromatic rings. The van der Waals surface area contributed by atoms with E-state index in [-0.39, 0.29) is 11.9 Å². The number of amides is 1. The predicted octanol–water partition coefficient (Wildman–Crippen LogP) is 3.31. The van der Waals surface area contributed by atoms with Gasteiger partial charge in [0.25, 0.3) is 5.91 Å². The Balaban J connectivity index is 1.52. The average Bonchev–Trinajstić information content (AvgIpc) is 3.33. The van der Waals surface area contributed by atoms with E-state index in [4.69, 9.17) is 4.98 Å². The first-order chi connectivity index (χ1) is 14.7. The molecule has 1 fully saturated rings. The van der Waals surface area contributed by atoms with E-state index >= 15 is 0 Å². The number of hydrogen-bond acceptors (Lipinski definition) is 5. The molecule has 1 aliphatic carbocycles. The lowest BCUT2D eigenvalue weighted by molar-refractivity contribution is 0.0930. The Morgan fingerprint density at radius 1 is 1.23 bits per heavy atom. The fourth-order valence-electron chi connectivity index (χ4n) is 3.68. The van der Waals surface area contributed by atoms with Gasteiger partial charge in [-0.05, 0) is 30.5 Å². The third kappa shape index (κ3) is 3.63. The summed E-state index contributed by atoms with van der Waals surface area (Å²) in [5.41, 5.74) is 3.42. The molecule has 8 nitrogen and oxygen atoms in total. The molecule has 0 unspecified atom stereocenters. The molecular weight excluding hydrogens is 378 g/mol. The number of rotatable bonds is 7. The summed E-state index contributed by atoms with van der Waals surface area (Å²) in [5.74, 6) is 1.81. The maximum Gasteiger partial charge on any atom is 0.269 e. The van der Waals surface area contributed by atoms with Gasteiger partial charge in [0.15, 0.2) is 0 Å². The molecule has 1 aliphatic rings. The minimum absolute atomic E-state index is 0.213. The van der Waals surface area contributed by atoms with Crippen LogP contribution in [0.25, 0.3) is 10.9 Å². The number of benzene rings is 1. The van der Waals surface area contributed by atoms with Crippen molar-refractivity contribution in [3.63, 3.8) is 0 Å². The molecule has 1 atom stereocenters. The number of nitrogens with zero attached hydrogens (tertiary/aromatic N) is 3. The zero-order valence-electron chi connectivity index (χ0n) is 16.6. The highest BCUT2D eigenvalue weighted by Crippen LogP contribution is 2.39. The minimum Gasteiger partial charge on any atom is -0.373 e. The maximum atomic E-state index is 12.8. The number of hydrogen-bond donors (Lipinski definition) is 4. The summed E-state index contributed by atoms with van der Waals surface area (Å²) in [5, 5.41) is 14.0. The second kappa shape index (κ2) is 7.62. The number of H-pyrrole nitrogens is 2. The second-order valence-electron chi connectivity index (χ2n) is 7.62. The van der Waals surface area contributed by atoms with Crippen molar-refractivity contribution in [2.75, 3.05) is 12.4 Å². The van der Waals surface area contributed by atoms with E-state index < -0.39 is 0 Å². The topological polar surface area (TPSA) is 111 Å². The van der Waals surface area contributed by atoms with Crippen LogP contribution in [0.4, 0.5) is 5.82 Å². The van der Waals surface area contributed by atoms with Gasteiger partial charge in [-0.2, -0.15) is 5.10 Å². The number of carbonyl (C=O) groups is 1. The van der Waals surface area contributed by atoms with E-state index in [1.807, 2.05) is 37.5 Å². The summed E-state index contributed by atoms with van der Waals surface area (Å²) in [6.45, 7) is 0. The average molecular weight is 401 g/mol. The molecule has 152 valence electrons. The van der Waals surface area contributed by atoms with Crippen molar-refractivity contribution in [3.8, 4) is 0 Å². The predicted molar refractivity (Wildman–Crippen MR) is 114 cm³/mol. The van der Waals surface area contributed by atoms with Crippen LogP contribution in [0, 0.1) is 0 Å². The first kappa shape index (κ1) is 18.4. The summed E-state index contributed by atoms with van der Waals surface area (Å²) in [6, 6.07) is 11.4. The van der Waals surface area contributed by atoms with Gasteiger partial charge < -0.3 is 15.6 Å². The number of para-hydroxylation sites is 1. The van der Waals surface area contributed by atoms with Crippen molar-refractivity contribution in [3.05, 3.63) is 71.6 Å². The number of fused-ring (bicyclic) bond motifs is 1. The van der Waals surface area contributed by atoms with Gasteiger partial charge in [-0.25, -0.2) is 9.97 Å². The van der Waals surface area contributed by atoms with Gasteiger partial charge in [-0.3, -0.25) is 9.89 Å². The van der Waals surface area contributed by atoms with Crippen LogP contribution >= 0.6 is 0 Å². The Labute approximate surface area is 173 Å². The highest BCUT2D eigenvalue weighted by atomic mass is 16.2. The first-order valence-corrected chi connectivity index (χ1v) is 10.1. The smallest absolute Gasteiger partial charge is 0.269 e. The molecule has 0 spiro atoms. The lowest BCUT2D eigenvalue weighted by Gasteiger charge is -2.19. The summed E-state index contributed by atoms with van der Waals surface area (Å²) in [4.78, 5) is 25.6. The maximum absolute atomic E-state index is 12.8. The lowest BCUT2D eigenvalue weighted by atomic mass is 10.0. The summed E-state index contributed by atoms with van der Waals surface area (Å²) >= 11 is 0. The van der Waals surface area contributed by atoms with Crippen LogP contribution in [0.2, 0.25) is 0 Å². The molecule has 0 bridgehead atoms. The molecule has 4 N–H and O–H groups in total. The fourth-order valence-corrected chi connectivity index (χ4v) is 3.68. The van der Waals surface area contributed by atoms with Crippen LogP contribution in [0.15, 0.2) is 48.8 Å². The molecule has 0 aliphatic heterocycles. The molecule has 30 heavy (non-hydrogen) atoms. The molecule has 1 amide bonds. The minimum atomic E-state index is -0.312. The lowest BCUT2D eigenvalue weighted by Crippen LogP contribution is -2.31. The van der Waals surface area contributed by atoms with Gasteiger partial charge in [0.05, 0.1) is 11.7 Å². The highest BCUT2D eigenvalue weighted by Gasteiger charge is 2.29. The Bertz CT molecular complexity index is 1180. The number of nitrogens with one attached hydrogen (secondary N) is 4. The van der Waals surface area contributed by atoms with Gasteiger partial charge in [0.1, 0.15) is 17.3 Å². The first-order valence-electron chi connectivity index (χ1n) is 10.1. The third-order valence-corrected chi connectivity index (χ3v) is 5.47. The highest BCUT2D eigenvalue weighted by molar-refractivity contribution is 5.92. The number of aromatic amines is 2. The normalized spacial score (nSPS) is 14.6. The SMILES string of the molecule is CNc1cc([C@H](Cc2c[nH]c3ccccc23)NC(=O)c2ccn[nH]2)nc(C2CC2)n1. The molecule has 3 heterocycles. The van der Waals surface area contributed by atoms with E-state index in [0.29, 0.717) is 18.0 Å². The van der Waals surface area contributed by atoms with E-state index in [2.05, 4.69) is 36.9 Å².